The average Bonchev–Trinajstić information content (AvgIpc) is 2.46. The number of halogens is 2. The zero-order valence-corrected chi connectivity index (χ0v) is 13.0. The first-order valence-electron chi connectivity index (χ1n) is 6.55. The van der Waals surface area contributed by atoms with Crippen LogP contribution in [-0.4, -0.2) is 14.2 Å². The molecule has 21 heavy (non-hydrogen) atoms. The van der Waals surface area contributed by atoms with Crippen LogP contribution in [0.25, 0.3) is 0 Å². The summed E-state index contributed by atoms with van der Waals surface area (Å²) in [5.74, 6) is 0.0706. The van der Waals surface area contributed by atoms with Crippen LogP contribution in [0.5, 0.6) is 5.75 Å². The number of rotatable bonds is 4. The Bertz CT molecular complexity index is 648. The molecule has 2 aromatic rings. The van der Waals surface area contributed by atoms with Crippen LogP contribution in [0.3, 0.4) is 0 Å². The highest BCUT2D eigenvalue weighted by molar-refractivity contribution is 6.30. The minimum Gasteiger partial charge on any atom is -0.495 e. The van der Waals surface area contributed by atoms with Crippen LogP contribution in [-0.2, 0) is 0 Å². The molecule has 0 aliphatic heterocycles. The van der Waals surface area contributed by atoms with Gasteiger partial charge in [-0.3, -0.25) is 0 Å². The molecular weight excluding hydrogens is 291 g/mol. The van der Waals surface area contributed by atoms with Gasteiger partial charge in [0, 0.05) is 24.2 Å². The van der Waals surface area contributed by atoms with Gasteiger partial charge in [-0.25, -0.2) is 4.39 Å². The molecule has 0 aromatic heterocycles. The lowest BCUT2D eigenvalue weighted by Gasteiger charge is -2.28. The molecule has 1 unspecified atom stereocenters. The van der Waals surface area contributed by atoms with Crippen molar-refractivity contribution in [3.63, 3.8) is 0 Å². The third-order valence-electron chi connectivity index (χ3n) is 3.59. The van der Waals surface area contributed by atoms with Gasteiger partial charge in [-0.05, 0) is 24.6 Å². The van der Waals surface area contributed by atoms with Gasteiger partial charge in [0.2, 0.25) is 0 Å². The Balaban J connectivity index is 2.37. The lowest BCUT2D eigenvalue weighted by Crippen LogP contribution is -2.22. The summed E-state index contributed by atoms with van der Waals surface area (Å²) in [6, 6.07) is 10.3. The molecule has 0 heterocycles. The smallest absolute Gasteiger partial charge is 0.148 e. The first-order valence-corrected chi connectivity index (χ1v) is 6.93. The van der Waals surface area contributed by atoms with Gasteiger partial charge in [-0.1, -0.05) is 23.7 Å². The van der Waals surface area contributed by atoms with Gasteiger partial charge in [-0.2, -0.15) is 0 Å². The maximum Gasteiger partial charge on any atom is 0.148 e. The molecule has 0 radical (unpaired) electrons. The Hall–Kier alpha value is -1.94. The number of ether oxygens (including phenoxy) is 1. The maximum atomic E-state index is 14.2. The quantitative estimate of drug-likeness (QED) is 0.857. The summed E-state index contributed by atoms with van der Waals surface area (Å²) in [7, 11) is 3.33. The Labute approximate surface area is 129 Å². The molecule has 1 atom stereocenters. The summed E-state index contributed by atoms with van der Waals surface area (Å²) in [6.45, 7) is 1.98. The summed E-state index contributed by atoms with van der Waals surface area (Å²) < 4.78 is 19.3. The molecule has 0 aliphatic rings. The number of methoxy groups -OCH3 is 1. The number of nitrogen functional groups attached to an aromatic ring is 1. The van der Waals surface area contributed by atoms with Crippen molar-refractivity contribution in [2.24, 2.45) is 0 Å². The number of hydrogen-bond donors (Lipinski definition) is 1. The van der Waals surface area contributed by atoms with E-state index in [2.05, 4.69) is 0 Å². The summed E-state index contributed by atoms with van der Waals surface area (Å²) in [6.07, 6.45) is 0. The molecule has 2 rings (SSSR count). The number of nitrogens with two attached hydrogens (primary N) is 1. The molecule has 5 heteroatoms. The van der Waals surface area contributed by atoms with Crippen molar-refractivity contribution < 1.29 is 9.13 Å². The van der Waals surface area contributed by atoms with E-state index in [0.29, 0.717) is 16.5 Å². The van der Waals surface area contributed by atoms with E-state index in [1.165, 1.54) is 13.2 Å². The van der Waals surface area contributed by atoms with Crippen molar-refractivity contribution in [3.8, 4) is 5.75 Å². The lowest BCUT2D eigenvalue weighted by molar-refractivity contribution is 0.416. The van der Waals surface area contributed by atoms with Gasteiger partial charge in [0.15, 0.2) is 0 Å². The fourth-order valence-corrected chi connectivity index (χ4v) is 2.40. The van der Waals surface area contributed by atoms with Crippen LogP contribution >= 0.6 is 11.6 Å². The summed E-state index contributed by atoms with van der Waals surface area (Å²) >= 11 is 6.01. The van der Waals surface area contributed by atoms with Gasteiger partial charge in [-0.15, -0.1) is 0 Å². The lowest BCUT2D eigenvalue weighted by atomic mass is 10.1. The normalized spacial score (nSPS) is 12.0. The standard InChI is InChI=1S/C16H18ClFN2O/c1-10(11-5-4-6-12(17)7-11)20(2)15-9-16(21-3)14(19)8-13(15)18/h4-10H,19H2,1-3H3. The van der Waals surface area contributed by atoms with Crippen LogP contribution in [0.15, 0.2) is 36.4 Å². The fraction of sp³-hybridized carbons (Fsp3) is 0.250. The van der Waals surface area contributed by atoms with E-state index in [0.717, 1.165) is 5.56 Å². The highest BCUT2D eigenvalue weighted by Crippen LogP contribution is 2.34. The van der Waals surface area contributed by atoms with E-state index in [1.807, 2.05) is 43.1 Å². The molecule has 2 N–H and O–H groups in total. The van der Waals surface area contributed by atoms with Crippen molar-refractivity contribution in [2.75, 3.05) is 24.8 Å². The van der Waals surface area contributed by atoms with Crippen molar-refractivity contribution in [1.29, 1.82) is 0 Å². The largest absolute Gasteiger partial charge is 0.495 e. The second-order valence-corrected chi connectivity index (χ2v) is 5.32. The molecule has 0 saturated heterocycles. The molecular formula is C16H18ClFN2O. The molecule has 0 fully saturated rings. The average molecular weight is 309 g/mol. The van der Waals surface area contributed by atoms with Gasteiger partial charge < -0.3 is 15.4 Å². The molecule has 0 aliphatic carbocycles. The van der Waals surface area contributed by atoms with Crippen molar-refractivity contribution in [1.82, 2.24) is 0 Å². The third kappa shape index (κ3) is 3.22. The van der Waals surface area contributed by atoms with E-state index < -0.39 is 0 Å². The fourth-order valence-electron chi connectivity index (χ4n) is 2.20. The molecule has 0 spiro atoms. The van der Waals surface area contributed by atoms with Gasteiger partial charge in [0.25, 0.3) is 0 Å². The number of anilines is 2. The van der Waals surface area contributed by atoms with Crippen LogP contribution in [0, 0.1) is 5.82 Å². The Kier molecular flexibility index (Phi) is 4.58. The van der Waals surface area contributed by atoms with Crippen molar-refractivity contribution in [2.45, 2.75) is 13.0 Å². The van der Waals surface area contributed by atoms with E-state index in [1.54, 1.807) is 6.07 Å². The van der Waals surface area contributed by atoms with Gasteiger partial charge in [0.1, 0.15) is 11.6 Å². The second-order valence-electron chi connectivity index (χ2n) is 4.89. The topological polar surface area (TPSA) is 38.5 Å². The highest BCUT2D eigenvalue weighted by atomic mass is 35.5. The van der Waals surface area contributed by atoms with Crippen molar-refractivity contribution in [3.05, 3.63) is 52.8 Å². The van der Waals surface area contributed by atoms with E-state index in [4.69, 9.17) is 22.1 Å². The Morgan fingerprint density at radius 1 is 1.29 bits per heavy atom. The van der Waals surface area contributed by atoms with Crippen LogP contribution < -0.4 is 15.4 Å². The summed E-state index contributed by atoms with van der Waals surface area (Å²) in [5.41, 5.74) is 7.41. The first-order chi connectivity index (χ1) is 9.93. The maximum absolute atomic E-state index is 14.2. The van der Waals surface area contributed by atoms with Gasteiger partial charge in [0.05, 0.1) is 24.5 Å². The van der Waals surface area contributed by atoms with E-state index >= 15 is 0 Å². The van der Waals surface area contributed by atoms with Crippen LogP contribution in [0.1, 0.15) is 18.5 Å². The number of nitrogens with zero attached hydrogens (tertiary/aromatic N) is 1. The molecule has 0 bridgehead atoms. The van der Waals surface area contributed by atoms with E-state index in [9.17, 15) is 4.39 Å². The Morgan fingerprint density at radius 3 is 2.62 bits per heavy atom. The van der Waals surface area contributed by atoms with E-state index in [-0.39, 0.29) is 17.5 Å². The summed E-state index contributed by atoms with van der Waals surface area (Å²) in [4.78, 5) is 1.82. The number of benzene rings is 2. The van der Waals surface area contributed by atoms with Crippen molar-refractivity contribution >= 4 is 23.0 Å². The number of hydrogen-bond acceptors (Lipinski definition) is 3. The van der Waals surface area contributed by atoms with Gasteiger partial charge >= 0.3 is 0 Å². The van der Waals surface area contributed by atoms with Crippen LogP contribution in [0.2, 0.25) is 5.02 Å². The zero-order chi connectivity index (χ0) is 15.6. The molecule has 3 nitrogen and oxygen atoms in total. The zero-order valence-electron chi connectivity index (χ0n) is 12.2. The monoisotopic (exact) mass is 308 g/mol. The first kappa shape index (κ1) is 15.4. The van der Waals surface area contributed by atoms with Crippen LogP contribution in [0.4, 0.5) is 15.8 Å². The predicted octanol–water partition coefficient (Wildman–Crippen LogP) is 4.27. The molecule has 2 aromatic carbocycles. The highest BCUT2D eigenvalue weighted by Gasteiger charge is 2.18. The third-order valence-corrected chi connectivity index (χ3v) is 3.83. The second kappa shape index (κ2) is 6.22. The SMILES string of the molecule is COc1cc(N(C)C(C)c2cccc(Cl)c2)c(F)cc1N. The molecule has 112 valence electrons. The molecule has 0 amide bonds. The predicted molar refractivity (Wildman–Crippen MR) is 85.6 cm³/mol. The minimum atomic E-state index is -0.385. The minimum absolute atomic E-state index is 0.0495. The molecule has 0 saturated carbocycles. The Morgan fingerprint density at radius 2 is 2.00 bits per heavy atom. The summed E-state index contributed by atoms with van der Waals surface area (Å²) in [5, 5.41) is 0.656.